The molecule has 102 valence electrons. The number of likely N-dealkylation sites (N-methyl/N-ethyl adjacent to an activating group) is 1. The minimum atomic E-state index is -0.555. The molecule has 0 aromatic rings. The summed E-state index contributed by atoms with van der Waals surface area (Å²) < 4.78 is 0. The zero-order chi connectivity index (χ0) is 13.3. The van der Waals surface area contributed by atoms with Gasteiger partial charge in [0, 0.05) is 0 Å². The van der Waals surface area contributed by atoms with Crippen LogP contribution in [0.25, 0.3) is 0 Å². The Bertz CT molecular complexity index is 221. The summed E-state index contributed by atoms with van der Waals surface area (Å²) in [6, 6.07) is 0. The Morgan fingerprint density at radius 2 is 1.94 bits per heavy atom. The molecule has 4 heteroatoms. The molecule has 1 atom stereocenters. The number of nitrogens with zero attached hydrogens (tertiary/aromatic N) is 1. The van der Waals surface area contributed by atoms with Crippen LogP contribution in [0.4, 0.5) is 0 Å². The number of nitrogens with two attached hydrogens (primary N) is 1. The van der Waals surface area contributed by atoms with Crippen LogP contribution in [0.5, 0.6) is 0 Å². The molecule has 0 saturated carbocycles. The molecule has 0 saturated heterocycles. The van der Waals surface area contributed by atoms with Crippen molar-refractivity contribution in [2.45, 2.75) is 52.5 Å². The summed E-state index contributed by atoms with van der Waals surface area (Å²) in [5.74, 6) is -0.252. The van der Waals surface area contributed by atoms with Crippen molar-refractivity contribution in [3.8, 4) is 0 Å². The van der Waals surface area contributed by atoms with Gasteiger partial charge in [-0.25, -0.2) is 0 Å². The Morgan fingerprint density at radius 3 is 2.35 bits per heavy atom. The molecule has 0 aliphatic heterocycles. The van der Waals surface area contributed by atoms with Gasteiger partial charge >= 0.3 is 0 Å². The summed E-state index contributed by atoms with van der Waals surface area (Å²) in [6.07, 6.45) is 2.98. The third-order valence-corrected chi connectivity index (χ3v) is 3.25. The van der Waals surface area contributed by atoms with E-state index in [0.717, 1.165) is 39.0 Å². The Balaban J connectivity index is 4.09. The maximum atomic E-state index is 11.4. The molecule has 0 rings (SSSR count). The fourth-order valence-electron chi connectivity index (χ4n) is 2.09. The van der Waals surface area contributed by atoms with Crippen LogP contribution in [0.15, 0.2) is 0 Å². The normalized spacial score (nSPS) is 14.9. The van der Waals surface area contributed by atoms with Crippen molar-refractivity contribution in [1.29, 1.82) is 0 Å². The first kappa shape index (κ1) is 16.4. The Morgan fingerprint density at radius 1 is 1.29 bits per heavy atom. The highest BCUT2D eigenvalue weighted by molar-refractivity contribution is 5.84. The highest BCUT2D eigenvalue weighted by atomic mass is 16.1. The van der Waals surface area contributed by atoms with Gasteiger partial charge < -0.3 is 16.0 Å². The van der Waals surface area contributed by atoms with E-state index in [1.165, 1.54) is 6.42 Å². The van der Waals surface area contributed by atoms with Crippen LogP contribution < -0.4 is 11.1 Å². The highest BCUT2D eigenvalue weighted by Crippen LogP contribution is 2.12. The topological polar surface area (TPSA) is 58.4 Å². The summed E-state index contributed by atoms with van der Waals surface area (Å²) in [4.78, 5) is 13.8. The van der Waals surface area contributed by atoms with E-state index in [1.807, 2.05) is 13.8 Å². The molecule has 0 spiro atoms. The SMILES string of the molecule is CCCN(CC)CCCC(C)(NCC)C(N)=O. The number of carbonyl (C=O) groups is 1. The molecule has 0 bridgehead atoms. The van der Waals surface area contributed by atoms with E-state index in [9.17, 15) is 4.79 Å². The van der Waals surface area contributed by atoms with E-state index in [-0.39, 0.29) is 5.91 Å². The second kappa shape index (κ2) is 8.48. The third-order valence-electron chi connectivity index (χ3n) is 3.25. The van der Waals surface area contributed by atoms with Gasteiger partial charge in [0.2, 0.25) is 5.91 Å². The predicted octanol–water partition coefficient (Wildman–Crippen LogP) is 1.35. The maximum absolute atomic E-state index is 11.4. The first-order chi connectivity index (χ1) is 8.00. The minimum absolute atomic E-state index is 0.252. The number of primary amides is 1. The second-order valence-corrected chi connectivity index (χ2v) is 4.76. The highest BCUT2D eigenvalue weighted by Gasteiger charge is 2.29. The average Bonchev–Trinajstić information content (AvgIpc) is 2.28. The van der Waals surface area contributed by atoms with Gasteiger partial charge in [0.1, 0.15) is 0 Å². The molecule has 1 amide bonds. The van der Waals surface area contributed by atoms with E-state index in [4.69, 9.17) is 5.73 Å². The van der Waals surface area contributed by atoms with E-state index in [1.54, 1.807) is 0 Å². The molecule has 3 N–H and O–H groups in total. The maximum Gasteiger partial charge on any atom is 0.237 e. The van der Waals surface area contributed by atoms with Gasteiger partial charge in [-0.3, -0.25) is 4.79 Å². The molecule has 0 aromatic carbocycles. The zero-order valence-corrected chi connectivity index (χ0v) is 11.9. The molecule has 4 nitrogen and oxygen atoms in total. The lowest BCUT2D eigenvalue weighted by Crippen LogP contribution is -2.53. The molecule has 0 fully saturated rings. The molecule has 0 radical (unpaired) electrons. The minimum Gasteiger partial charge on any atom is -0.368 e. The van der Waals surface area contributed by atoms with Crippen molar-refractivity contribution in [2.75, 3.05) is 26.2 Å². The second-order valence-electron chi connectivity index (χ2n) is 4.76. The summed E-state index contributed by atoms with van der Waals surface area (Å²) >= 11 is 0. The number of rotatable bonds is 10. The van der Waals surface area contributed by atoms with Crippen LogP contribution in [0, 0.1) is 0 Å². The van der Waals surface area contributed by atoms with Gasteiger partial charge in [0.25, 0.3) is 0 Å². The average molecular weight is 243 g/mol. The summed E-state index contributed by atoms with van der Waals surface area (Å²) in [5, 5.41) is 3.19. The van der Waals surface area contributed by atoms with E-state index in [2.05, 4.69) is 24.1 Å². The van der Waals surface area contributed by atoms with E-state index in [0.29, 0.717) is 0 Å². The van der Waals surface area contributed by atoms with Crippen LogP contribution in [-0.4, -0.2) is 42.5 Å². The van der Waals surface area contributed by atoms with Crippen LogP contribution in [0.2, 0.25) is 0 Å². The van der Waals surface area contributed by atoms with Crippen LogP contribution in [0.1, 0.15) is 47.0 Å². The summed E-state index contributed by atoms with van der Waals surface area (Å²) in [6.45, 7) is 12.3. The van der Waals surface area contributed by atoms with Gasteiger partial charge in [0.05, 0.1) is 5.54 Å². The summed E-state index contributed by atoms with van der Waals surface area (Å²) in [5.41, 5.74) is 4.89. The van der Waals surface area contributed by atoms with Crippen molar-refractivity contribution in [1.82, 2.24) is 10.2 Å². The molecule has 0 aromatic heterocycles. The smallest absolute Gasteiger partial charge is 0.237 e. The van der Waals surface area contributed by atoms with Crippen molar-refractivity contribution in [3.63, 3.8) is 0 Å². The lowest BCUT2D eigenvalue weighted by molar-refractivity contribution is -0.124. The Hall–Kier alpha value is -0.610. The van der Waals surface area contributed by atoms with Crippen molar-refractivity contribution in [2.24, 2.45) is 5.73 Å². The van der Waals surface area contributed by atoms with Crippen LogP contribution in [0.3, 0.4) is 0 Å². The molecule has 17 heavy (non-hydrogen) atoms. The van der Waals surface area contributed by atoms with Gasteiger partial charge in [0.15, 0.2) is 0 Å². The van der Waals surface area contributed by atoms with Gasteiger partial charge in [-0.2, -0.15) is 0 Å². The number of amides is 1. The van der Waals surface area contributed by atoms with Gasteiger partial charge in [-0.15, -0.1) is 0 Å². The fourth-order valence-corrected chi connectivity index (χ4v) is 2.09. The molecule has 1 unspecified atom stereocenters. The first-order valence-corrected chi connectivity index (χ1v) is 6.77. The number of carbonyl (C=O) groups excluding carboxylic acids is 1. The van der Waals surface area contributed by atoms with Crippen molar-refractivity contribution >= 4 is 5.91 Å². The van der Waals surface area contributed by atoms with Gasteiger partial charge in [-0.1, -0.05) is 20.8 Å². The van der Waals surface area contributed by atoms with Gasteiger partial charge in [-0.05, 0) is 52.4 Å². The van der Waals surface area contributed by atoms with Crippen molar-refractivity contribution < 1.29 is 4.79 Å². The molecular weight excluding hydrogens is 214 g/mol. The number of nitrogens with one attached hydrogen (secondary N) is 1. The summed E-state index contributed by atoms with van der Waals surface area (Å²) in [7, 11) is 0. The standard InChI is InChI=1S/C13H29N3O/c1-5-10-16(7-3)11-8-9-13(4,12(14)17)15-6-2/h15H,5-11H2,1-4H3,(H2,14,17). The third kappa shape index (κ3) is 6.03. The lowest BCUT2D eigenvalue weighted by Gasteiger charge is -2.28. The largest absolute Gasteiger partial charge is 0.368 e. The number of hydrogen-bond donors (Lipinski definition) is 2. The number of hydrogen-bond acceptors (Lipinski definition) is 3. The Labute approximate surface area is 106 Å². The molecule has 0 heterocycles. The molecule has 0 aliphatic rings. The monoisotopic (exact) mass is 243 g/mol. The van der Waals surface area contributed by atoms with Crippen LogP contribution >= 0.6 is 0 Å². The van der Waals surface area contributed by atoms with E-state index < -0.39 is 5.54 Å². The molecular formula is C13H29N3O. The van der Waals surface area contributed by atoms with Crippen molar-refractivity contribution in [3.05, 3.63) is 0 Å². The predicted molar refractivity (Wildman–Crippen MR) is 72.9 cm³/mol. The quantitative estimate of drug-likeness (QED) is 0.609. The Kier molecular flexibility index (Phi) is 8.17. The van der Waals surface area contributed by atoms with Crippen LogP contribution in [-0.2, 0) is 4.79 Å². The lowest BCUT2D eigenvalue weighted by atomic mass is 9.94. The first-order valence-electron chi connectivity index (χ1n) is 6.77. The fraction of sp³-hybridized carbons (Fsp3) is 0.923. The zero-order valence-electron chi connectivity index (χ0n) is 11.9. The molecule has 0 aliphatic carbocycles. The van der Waals surface area contributed by atoms with E-state index >= 15 is 0 Å².